The van der Waals surface area contributed by atoms with E-state index in [1.54, 1.807) is 25.4 Å². The largest absolute Gasteiger partial charge is 0.481 e. The van der Waals surface area contributed by atoms with Crippen LogP contribution in [0.15, 0.2) is 47.2 Å². The molecule has 1 aliphatic heterocycles. The van der Waals surface area contributed by atoms with Gasteiger partial charge in [0.25, 0.3) is 5.91 Å². The molecule has 126 valence electrons. The van der Waals surface area contributed by atoms with E-state index in [2.05, 4.69) is 30.8 Å². The van der Waals surface area contributed by atoms with Crippen LogP contribution in [-0.2, 0) is 4.79 Å². The maximum absolute atomic E-state index is 12.6. The first-order valence-corrected chi connectivity index (χ1v) is 8.66. The summed E-state index contributed by atoms with van der Waals surface area (Å²) < 4.78 is 6.69. The van der Waals surface area contributed by atoms with Crippen molar-refractivity contribution in [3.8, 4) is 5.75 Å². The lowest BCUT2D eigenvalue weighted by atomic mass is 10.2. The molecule has 0 unspecified atom stereocenters. The number of benzene rings is 1. The Labute approximate surface area is 149 Å². The van der Waals surface area contributed by atoms with Crippen LogP contribution in [0.4, 0.5) is 5.95 Å². The summed E-state index contributed by atoms with van der Waals surface area (Å²) in [6.45, 7) is 4.52. The second-order valence-electron chi connectivity index (χ2n) is 5.58. The van der Waals surface area contributed by atoms with Gasteiger partial charge in [-0.1, -0.05) is 22.0 Å². The maximum Gasteiger partial charge on any atom is 0.263 e. The van der Waals surface area contributed by atoms with E-state index in [0.717, 1.165) is 17.6 Å². The average Bonchev–Trinajstić information content (AvgIpc) is 2.62. The molecule has 24 heavy (non-hydrogen) atoms. The smallest absolute Gasteiger partial charge is 0.263 e. The molecule has 1 atom stereocenters. The highest BCUT2D eigenvalue weighted by molar-refractivity contribution is 9.10. The molecule has 1 fully saturated rings. The van der Waals surface area contributed by atoms with Crippen LogP contribution < -0.4 is 9.64 Å². The van der Waals surface area contributed by atoms with Gasteiger partial charge < -0.3 is 14.5 Å². The van der Waals surface area contributed by atoms with Gasteiger partial charge in [-0.2, -0.15) is 0 Å². The highest BCUT2D eigenvalue weighted by atomic mass is 79.9. The topological polar surface area (TPSA) is 58.6 Å². The number of halogens is 1. The van der Waals surface area contributed by atoms with E-state index < -0.39 is 6.10 Å². The Morgan fingerprint density at radius 1 is 1.17 bits per heavy atom. The van der Waals surface area contributed by atoms with Gasteiger partial charge in [-0.05, 0) is 31.2 Å². The number of anilines is 1. The van der Waals surface area contributed by atoms with Gasteiger partial charge in [-0.15, -0.1) is 0 Å². The van der Waals surface area contributed by atoms with Crippen LogP contribution in [0, 0.1) is 0 Å². The van der Waals surface area contributed by atoms with Crippen molar-refractivity contribution in [2.24, 2.45) is 0 Å². The summed E-state index contributed by atoms with van der Waals surface area (Å²) in [5, 5.41) is 0. The Balaban J connectivity index is 1.55. The lowest BCUT2D eigenvalue weighted by Crippen LogP contribution is -2.52. The van der Waals surface area contributed by atoms with Crippen molar-refractivity contribution in [2.45, 2.75) is 13.0 Å². The van der Waals surface area contributed by atoms with Gasteiger partial charge in [0.05, 0.1) is 0 Å². The van der Waals surface area contributed by atoms with Gasteiger partial charge in [0, 0.05) is 43.0 Å². The number of rotatable bonds is 4. The fourth-order valence-electron chi connectivity index (χ4n) is 2.63. The Hall–Kier alpha value is -2.15. The first-order chi connectivity index (χ1) is 11.6. The number of amides is 1. The number of nitrogens with zero attached hydrogens (tertiary/aromatic N) is 4. The van der Waals surface area contributed by atoms with Crippen LogP contribution >= 0.6 is 15.9 Å². The van der Waals surface area contributed by atoms with E-state index in [1.807, 2.05) is 29.2 Å². The number of hydrogen-bond donors (Lipinski definition) is 0. The van der Waals surface area contributed by atoms with Gasteiger partial charge in [-0.25, -0.2) is 9.97 Å². The summed E-state index contributed by atoms with van der Waals surface area (Å²) in [5.41, 5.74) is 0. The van der Waals surface area contributed by atoms with Gasteiger partial charge in [-0.3, -0.25) is 4.79 Å². The van der Waals surface area contributed by atoms with Crippen molar-refractivity contribution in [3.63, 3.8) is 0 Å². The molecule has 1 aromatic heterocycles. The molecule has 2 aromatic rings. The number of aromatic nitrogens is 2. The van der Waals surface area contributed by atoms with Crippen molar-refractivity contribution >= 4 is 27.8 Å². The number of ether oxygens (including phenoxy) is 1. The molecule has 0 N–H and O–H groups in total. The molecule has 1 aliphatic rings. The summed E-state index contributed by atoms with van der Waals surface area (Å²) in [4.78, 5) is 25.0. The van der Waals surface area contributed by atoms with Crippen LogP contribution in [-0.4, -0.2) is 53.1 Å². The zero-order valence-electron chi connectivity index (χ0n) is 13.4. The van der Waals surface area contributed by atoms with Crippen molar-refractivity contribution in [1.29, 1.82) is 0 Å². The third-order valence-corrected chi connectivity index (χ3v) is 4.38. The Bertz CT molecular complexity index is 690. The van der Waals surface area contributed by atoms with E-state index in [9.17, 15) is 4.79 Å². The predicted octanol–water partition coefficient (Wildman–Crippen LogP) is 2.36. The van der Waals surface area contributed by atoms with Crippen molar-refractivity contribution < 1.29 is 9.53 Å². The van der Waals surface area contributed by atoms with Crippen molar-refractivity contribution in [1.82, 2.24) is 14.9 Å². The number of hydrogen-bond acceptors (Lipinski definition) is 5. The maximum atomic E-state index is 12.6. The van der Waals surface area contributed by atoms with Gasteiger partial charge in [0.1, 0.15) is 5.75 Å². The fraction of sp³-hybridized carbons (Fsp3) is 0.353. The van der Waals surface area contributed by atoms with E-state index in [-0.39, 0.29) is 5.91 Å². The summed E-state index contributed by atoms with van der Waals surface area (Å²) >= 11 is 3.40. The number of piperazine rings is 1. The minimum Gasteiger partial charge on any atom is -0.481 e. The quantitative estimate of drug-likeness (QED) is 0.801. The molecule has 0 aliphatic carbocycles. The number of carbonyl (C=O) groups excluding carboxylic acids is 1. The molecule has 3 rings (SSSR count). The first-order valence-electron chi connectivity index (χ1n) is 7.86. The molecule has 0 radical (unpaired) electrons. The third-order valence-electron chi connectivity index (χ3n) is 3.88. The van der Waals surface area contributed by atoms with E-state index in [0.29, 0.717) is 24.8 Å². The second kappa shape index (κ2) is 7.61. The lowest BCUT2D eigenvalue weighted by Gasteiger charge is -2.35. The Morgan fingerprint density at radius 3 is 2.54 bits per heavy atom. The Morgan fingerprint density at radius 2 is 1.88 bits per heavy atom. The minimum atomic E-state index is -0.515. The zero-order valence-corrected chi connectivity index (χ0v) is 15.0. The van der Waals surface area contributed by atoms with Gasteiger partial charge >= 0.3 is 0 Å². The molecule has 0 spiro atoms. The predicted molar refractivity (Wildman–Crippen MR) is 95.1 cm³/mol. The van der Waals surface area contributed by atoms with Crippen LogP contribution in [0.2, 0.25) is 0 Å². The van der Waals surface area contributed by atoms with E-state index >= 15 is 0 Å². The minimum absolute atomic E-state index is 0.00334. The highest BCUT2D eigenvalue weighted by Gasteiger charge is 2.26. The van der Waals surface area contributed by atoms with Crippen LogP contribution in [0.5, 0.6) is 5.75 Å². The second-order valence-corrected chi connectivity index (χ2v) is 6.49. The third kappa shape index (κ3) is 4.03. The van der Waals surface area contributed by atoms with Gasteiger partial charge in [0.2, 0.25) is 5.95 Å². The molecule has 1 aromatic carbocycles. The SMILES string of the molecule is C[C@H](Oc1cccc(Br)c1)C(=O)N1CCN(c2ncccn2)CC1. The number of carbonyl (C=O) groups is 1. The monoisotopic (exact) mass is 390 g/mol. The summed E-state index contributed by atoms with van der Waals surface area (Å²) in [7, 11) is 0. The molecule has 0 saturated carbocycles. The lowest BCUT2D eigenvalue weighted by molar-refractivity contribution is -0.138. The van der Waals surface area contributed by atoms with Gasteiger partial charge in [0.15, 0.2) is 6.10 Å². The standard InChI is InChI=1S/C17H19BrN4O2/c1-13(24-15-5-2-4-14(18)12-15)16(23)21-8-10-22(11-9-21)17-19-6-3-7-20-17/h2-7,12-13H,8-11H2,1H3/t13-/m0/s1. The molecule has 1 saturated heterocycles. The average molecular weight is 391 g/mol. The van der Waals surface area contributed by atoms with Crippen LogP contribution in [0.3, 0.4) is 0 Å². The normalized spacial score (nSPS) is 15.9. The molecule has 1 amide bonds. The van der Waals surface area contributed by atoms with E-state index in [4.69, 9.17) is 4.74 Å². The molecule has 2 heterocycles. The van der Waals surface area contributed by atoms with E-state index in [1.165, 1.54) is 0 Å². The fourth-order valence-corrected chi connectivity index (χ4v) is 3.01. The molecule has 0 bridgehead atoms. The molecule has 7 heteroatoms. The highest BCUT2D eigenvalue weighted by Crippen LogP contribution is 2.19. The summed E-state index contributed by atoms with van der Waals surface area (Å²) in [5.74, 6) is 1.40. The Kier molecular flexibility index (Phi) is 5.30. The summed E-state index contributed by atoms with van der Waals surface area (Å²) in [6.07, 6.45) is 2.94. The first kappa shape index (κ1) is 16.7. The van der Waals surface area contributed by atoms with Crippen LogP contribution in [0.25, 0.3) is 0 Å². The molecule has 6 nitrogen and oxygen atoms in total. The van der Waals surface area contributed by atoms with Crippen molar-refractivity contribution in [3.05, 3.63) is 47.2 Å². The summed E-state index contributed by atoms with van der Waals surface area (Å²) in [6, 6.07) is 9.30. The van der Waals surface area contributed by atoms with Crippen molar-refractivity contribution in [2.75, 3.05) is 31.1 Å². The zero-order chi connectivity index (χ0) is 16.9. The van der Waals surface area contributed by atoms with Crippen LogP contribution in [0.1, 0.15) is 6.92 Å². The molecular formula is C17H19BrN4O2. The molecular weight excluding hydrogens is 372 g/mol.